The molecule has 3 rings (SSSR count). The molecule has 0 aliphatic rings. The summed E-state index contributed by atoms with van der Waals surface area (Å²) in [5, 5.41) is 0.777. The number of carbonyl (C=O) groups excluding carboxylic acids is 1. The van der Waals surface area contributed by atoms with E-state index in [-0.39, 0.29) is 0 Å². The van der Waals surface area contributed by atoms with Crippen molar-refractivity contribution in [3.05, 3.63) is 53.2 Å². The molecule has 1 aromatic carbocycles. The van der Waals surface area contributed by atoms with E-state index in [2.05, 4.69) is 4.98 Å². The Bertz CT molecular complexity index is 869. The van der Waals surface area contributed by atoms with Crippen molar-refractivity contribution in [1.29, 1.82) is 0 Å². The molecule has 0 spiro atoms. The normalized spacial score (nSPS) is 12.3. The number of aryl methyl sites for hydroxylation is 1. The topological polar surface area (TPSA) is 56.3 Å². The van der Waals surface area contributed by atoms with Gasteiger partial charge in [-0.15, -0.1) is 11.3 Å². The maximum Gasteiger partial charge on any atom is 0.348 e. The zero-order valence-corrected chi connectivity index (χ0v) is 13.7. The number of esters is 1. The first-order valence-corrected chi connectivity index (χ1v) is 8.51. The molecule has 112 valence electrons. The zero-order chi connectivity index (χ0) is 15.7. The van der Waals surface area contributed by atoms with Crippen molar-refractivity contribution in [2.45, 2.75) is 16.7 Å². The van der Waals surface area contributed by atoms with E-state index < -0.39 is 16.8 Å². The lowest BCUT2D eigenvalue weighted by Crippen LogP contribution is -1.97. The van der Waals surface area contributed by atoms with Crippen molar-refractivity contribution in [2.75, 3.05) is 7.11 Å². The lowest BCUT2D eigenvalue weighted by Gasteiger charge is -2.04. The molecule has 0 bridgehead atoms. The van der Waals surface area contributed by atoms with E-state index in [0.29, 0.717) is 14.7 Å². The maximum atomic E-state index is 12.8. The standard InChI is InChI=1S/C16H13NO3S2/c1-10-3-5-11(6-4-10)22(19)15-9-17-8-14-12(15)7-13(21-14)16(18)20-2/h3-9H,1-2H3. The van der Waals surface area contributed by atoms with E-state index >= 15 is 0 Å². The van der Waals surface area contributed by atoms with Gasteiger partial charge >= 0.3 is 5.97 Å². The van der Waals surface area contributed by atoms with Crippen LogP contribution in [0.25, 0.3) is 10.1 Å². The smallest absolute Gasteiger partial charge is 0.348 e. The van der Waals surface area contributed by atoms with Crippen molar-refractivity contribution in [3.63, 3.8) is 0 Å². The van der Waals surface area contributed by atoms with Crippen LogP contribution >= 0.6 is 11.3 Å². The van der Waals surface area contributed by atoms with Crippen LogP contribution < -0.4 is 0 Å². The van der Waals surface area contributed by atoms with E-state index in [0.717, 1.165) is 15.6 Å². The molecule has 0 N–H and O–H groups in total. The number of nitrogens with zero attached hydrogens (tertiary/aromatic N) is 1. The summed E-state index contributed by atoms with van der Waals surface area (Å²) < 4.78 is 18.3. The number of benzene rings is 1. The molecule has 0 fully saturated rings. The fraction of sp³-hybridized carbons (Fsp3) is 0.125. The van der Waals surface area contributed by atoms with Crippen LogP contribution in [-0.2, 0) is 15.5 Å². The third-order valence-corrected chi connectivity index (χ3v) is 5.71. The van der Waals surface area contributed by atoms with Gasteiger partial charge in [0.1, 0.15) is 4.88 Å². The van der Waals surface area contributed by atoms with Crippen molar-refractivity contribution < 1.29 is 13.7 Å². The minimum absolute atomic E-state index is 0.395. The number of carbonyl (C=O) groups is 1. The highest BCUT2D eigenvalue weighted by Crippen LogP contribution is 2.31. The van der Waals surface area contributed by atoms with Crippen LogP contribution in [0.15, 0.2) is 52.5 Å². The van der Waals surface area contributed by atoms with Gasteiger partial charge in [-0.1, -0.05) is 17.7 Å². The first-order chi connectivity index (χ1) is 10.6. The van der Waals surface area contributed by atoms with Crippen LogP contribution in [0.1, 0.15) is 15.2 Å². The SMILES string of the molecule is COC(=O)c1cc2c(S(=O)c3ccc(C)cc3)cncc2s1. The van der Waals surface area contributed by atoms with Gasteiger partial charge in [-0.3, -0.25) is 4.98 Å². The number of hydrogen-bond acceptors (Lipinski definition) is 5. The monoisotopic (exact) mass is 331 g/mol. The van der Waals surface area contributed by atoms with Crippen LogP contribution in [0.3, 0.4) is 0 Å². The molecule has 0 saturated heterocycles. The summed E-state index contributed by atoms with van der Waals surface area (Å²) in [4.78, 5) is 17.6. The molecule has 0 amide bonds. The van der Waals surface area contributed by atoms with Gasteiger partial charge in [0.05, 0.1) is 27.5 Å². The quantitative estimate of drug-likeness (QED) is 0.689. The Balaban J connectivity index is 2.10. The van der Waals surface area contributed by atoms with Gasteiger partial charge in [0.2, 0.25) is 0 Å². The third kappa shape index (κ3) is 2.67. The molecule has 0 aliphatic carbocycles. The minimum atomic E-state index is -1.34. The summed E-state index contributed by atoms with van der Waals surface area (Å²) in [6.07, 6.45) is 3.26. The number of rotatable bonds is 3. The number of pyridine rings is 1. The summed E-state index contributed by atoms with van der Waals surface area (Å²) in [6, 6.07) is 9.26. The Morgan fingerprint density at radius 2 is 1.95 bits per heavy atom. The molecule has 4 nitrogen and oxygen atoms in total. The molecule has 0 saturated carbocycles. The number of fused-ring (bicyclic) bond motifs is 1. The highest BCUT2D eigenvalue weighted by Gasteiger charge is 2.17. The average Bonchev–Trinajstić information content (AvgIpc) is 2.98. The van der Waals surface area contributed by atoms with Crippen LogP contribution in [-0.4, -0.2) is 22.3 Å². The van der Waals surface area contributed by atoms with E-state index in [9.17, 15) is 9.00 Å². The van der Waals surface area contributed by atoms with E-state index in [1.54, 1.807) is 18.5 Å². The molecular formula is C16H13NO3S2. The first kappa shape index (κ1) is 14.9. The summed E-state index contributed by atoms with van der Waals surface area (Å²) in [5.74, 6) is -0.395. The summed E-state index contributed by atoms with van der Waals surface area (Å²) >= 11 is 1.29. The highest BCUT2D eigenvalue weighted by atomic mass is 32.2. The Hall–Kier alpha value is -2.05. The number of hydrogen-bond donors (Lipinski definition) is 0. The number of thiophene rings is 1. The molecule has 1 unspecified atom stereocenters. The Morgan fingerprint density at radius 1 is 1.23 bits per heavy atom. The molecule has 2 heterocycles. The van der Waals surface area contributed by atoms with E-state index in [4.69, 9.17) is 4.74 Å². The first-order valence-electron chi connectivity index (χ1n) is 6.54. The summed E-state index contributed by atoms with van der Waals surface area (Å²) in [6.45, 7) is 1.98. The Labute approximate surface area is 134 Å². The van der Waals surface area contributed by atoms with Crippen molar-refractivity contribution in [1.82, 2.24) is 4.98 Å². The number of methoxy groups -OCH3 is 1. The van der Waals surface area contributed by atoms with E-state index in [1.807, 2.05) is 31.2 Å². The Kier molecular flexibility index (Phi) is 4.04. The molecular weight excluding hydrogens is 318 g/mol. The Morgan fingerprint density at radius 3 is 2.64 bits per heavy atom. The fourth-order valence-corrected chi connectivity index (χ4v) is 4.27. The lowest BCUT2D eigenvalue weighted by molar-refractivity contribution is 0.0606. The second kappa shape index (κ2) is 5.98. The largest absolute Gasteiger partial charge is 0.465 e. The van der Waals surface area contributed by atoms with E-state index in [1.165, 1.54) is 18.4 Å². The average molecular weight is 331 g/mol. The number of aromatic nitrogens is 1. The third-order valence-electron chi connectivity index (χ3n) is 3.23. The van der Waals surface area contributed by atoms with Crippen LogP contribution in [0, 0.1) is 6.92 Å². The second-order valence-corrected chi connectivity index (χ2v) is 7.27. The predicted molar refractivity (Wildman–Crippen MR) is 86.8 cm³/mol. The van der Waals surface area contributed by atoms with Crippen molar-refractivity contribution in [3.8, 4) is 0 Å². The number of ether oxygens (including phenoxy) is 1. The van der Waals surface area contributed by atoms with Gasteiger partial charge in [-0.2, -0.15) is 0 Å². The van der Waals surface area contributed by atoms with Crippen LogP contribution in [0.4, 0.5) is 0 Å². The van der Waals surface area contributed by atoms with Gasteiger partial charge in [0, 0.05) is 22.7 Å². The van der Waals surface area contributed by atoms with Crippen LogP contribution in [0.2, 0.25) is 0 Å². The van der Waals surface area contributed by atoms with Gasteiger partial charge in [-0.25, -0.2) is 9.00 Å². The van der Waals surface area contributed by atoms with Crippen LogP contribution in [0.5, 0.6) is 0 Å². The highest BCUT2D eigenvalue weighted by molar-refractivity contribution is 7.85. The van der Waals surface area contributed by atoms with Crippen molar-refractivity contribution >= 4 is 38.2 Å². The molecule has 2 aromatic heterocycles. The predicted octanol–water partition coefficient (Wildman–Crippen LogP) is 3.56. The van der Waals surface area contributed by atoms with Gasteiger partial charge < -0.3 is 4.74 Å². The fourth-order valence-electron chi connectivity index (χ4n) is 2.07. The zero-order valence-electron chi connectivity index (χ0n) is 12.0. The van der Waals surface area contributed by atoms with Gasteiger partial charge in [0.15, 0.2) is 0 Å². The van der Waals surface area contributed by atoms with Crippen molar-refractivity contribution in [2.24, 2.45) is 0 Å². The minimum Gasteiger partial charge on any atom is -0.465 e. The molecule has 3 aromatic rings. The van der Waals surface area contributed by atoms with Gasteiger partial charge in [-0.05, 0) is 25.1 Å². The molecule has 0 radical (unpaired) electrons. The maximum absolute atomic E-state index is 12.8. The molecule has 1 atom stereocenters. The summed E-state index contributed by atoms with van der Waals surface area (Å²) in [7, 11) is 0.00417. The second-order valence-electron chi connectivity index (χ2n) is 4.73. The lowest BCUT2D eigenvalue weighted by atomic mass is 10.2. The van der Waals surface area contributed by atoms with Gasteiger partial charge in [0.25, 0.3) is 0 Å². The molecule has 6 heteroatoms. The molecule has 22 heavy (non-hydrogen) atoms. The summed E-state index contributed by atoms with van der Waals surface area (Å²) in [5.41, 5.74) is 1.11. The molecule has 0 aliphatic heterocycles.